The van der Waals surface area contributed by atoms with Gasteiger partial charge in [-0.05, 0) is 49.4 Å². The maximum atomic E-state index is 12.6. The van der Waals surface area contributed by atoms with Crippen LogP contribution in [0.5, 0.6) is 11.5 Å². The van der Waals surface area contributed by atoms with Crippen LogP contribution in [0.1, 0.15) is 41.3 Å². The van der Waals surface area contributed by atoms with Crippen molar-refractivity contribution < 1.29 is 14.3 Å². The maximum Gasteiger partial charge on any atom is 0.276 e. The fraction of sp³-hybridized carbons (Fsp3) is 0.381. The van der Waals surface area contributed by atoms with E-state index in [0.29, 0.717) is 28.4 Å². The summed E-state index contributed by atoms with van der Waals surface area (Å²) in [5.41, 5.74) is 3.01. The lowest BCUT2D eigenvalue weighted by Gasteiger charge is -2.16. The van der Waals surface area contributed by atoms with Gasteiger partial charge in [0.2, 0.25) is 5.91 Å². The predicted octanol–water partition coefficient (Wildman–Crippen LogP) is 1.38. The fourth-order valence-electron chi connectivity index (χ4n) is 4.09. The first-order valence-corrected chi connectivity index (χ1v) is 9.79. The van der Waals surface area contributed by atoms with E-state index in [-0.39, 0.29) is 35.9 Å². The SMILES string of the molecule is COc1cc2c(cc1OC)[C@H](NC(=O)CCc1c(C)[nH]c3cc(=O)[nH]n3c1=O)CC2. The van der Waals surface area contributed by atoms with Gasteiger partial charge in [-0.3, -0.25) is 19.5 Å². The summed E-state index contributed by atoms with van der Waals surface area (Å²) in [5, 5.41) is 5.53. The van der Waals surface area contributed by atoms with Crippen molar-refractivity contribution in [2.45, 2.75) is 38.6 Å². The van der Waals surface area contributed by atoms with E-state index >= 15 is 0 Å². The number of benzene rings is 1. The summed E-state index contributed by atoms with van der Waals surface area (Å²) in [4.78, 5) is 39.8. The van der Waals surface area contributed by atoms with E-state index in [1.54, 1.807) is 21.1 Å². The Kier molecular flexibility index (Phi) is 5.11. The summed E-state index contributed by atoms with van der Waals surface area (Å²) in [5.74, 6) is 1.17. The van der Waals surface area contributed by atoms with E-state index in [0.717, 1.165) is 24.0 Å². The van der Waals surface area contributed by atoms with E-state index < -0.39 is 0 Å². The third kappa shape index (κ3) is 3.47. The first-order chi connectivity index (χ1) is 14.4. The van der Waals surface area contributed by atoms with Crippen LogP contribution in [-0.2, 0) is 17.6 Å². The van der Waals surface area contributed by atoms with Crippen molar-refractivity contribution in [2.75, 3.05) is 14.2 Å². The molecule has 0 saturated carbocycles. The van der Waals surface area contributed by atoms with Gasteiger partial charge in [-0.25, -0.2) is 4.52 Å². The van der Waals surface area contributed by atoms with Gasteiger partial charge in [-0.2, -0.15) is 0 Å². The molecular formula is C21H24N4O5. The van der Waals surface area contributed by atoms with Gasteiger partial charge in [0.15, 0.2) is 11.5 Å². The molecule has 1 aromatic carbocycles. The van der Waals surface area contributed by atoms with Gasteiger partial charge in [0, 0.05) is 23.7 Å². The molecular weight excluding hydrogens is 388 g/mol. The molecule has 0 fully saturated rings. The van der Waals surface area contributed by atoms with Gasteiger partial charge in [0.1, 0.15) is 5.65 Å². The number of nitrogens with zero attached hydrogens (tertiary/aromatic N) is 1. The average Bonchev–Trinajstić information content (AvgIpc) is 3.29. The minimum absolute atomic E-state index is 0.102. The Morgan fingerprint density at radius 1 is 1.20 bits per heavy atom. The molecule has 9 heteroatoms. The van der Waals surface area contributed by atoms with Gasteiger partial charge in [0.25, 0.3) is 11.1 Å². The van der Waals surface area contributed by atoms with Crippen LogP contribution in [0.15, 0.2) is 27.8 Å². The van der Waals surface area contributed by atoms with Crippen LogP contribution >= 0.6 is 0 Å². The molecule has 30 heavy (non-hydrogen) atoms. The lowest BCUT2D eigenvalue weighted by atomic mass is 10.1. The third-order valence-electron chi connectivity index (χ3n) is 5.62. The standard InChI is InChI=1S/C21H24N4O5/c1-11-13(21(28)25-18(22-11)10-20(27)24-25)5-7-19(26)23-15-6-4-12-8-16(29-2)17(30-3)9-14(12)15/h8-10,15,22H,4-7H2,1-3H3,(H,23,26)(H,24,27)/t15-/m1/s1. The Labute approximate surface area is 172 Å². The summed E-state index contributed by atoms with van der Waals surface area (Å²) in [6.07, 6.45) is 2.08. The number of amides is 1. The quantitative estimate of drug-likeness (QED) is 0.565. The number of methoxy groups -OCH3 is 2. The van der Waals surface area contributed by atoms with Crippen LogP contribution in [0, 0.1) is 6.92 Å². The number of hydrogen-bond donors (Lipinski definition) is 3. The molecule has 1 aliphatic carbocycles. The Hall–Kier alpha value is -3.49. The van der Waals surface area contributed by atoms with Crippen molar-refractivity contribution in [3.8, 4) is 11.5 Å². The molecule has 1 amide bonds. The molecule has 0 unspecified atom stereocenters. The number of H-pyrrole nitrogens is 2. The minimum Gasteiger partial charge on any atom is -0.493 e. The Bertz CT molecular complexity index is 1240. The summed E-state index contributed by atoms with van der Waals surface area (Å²) in [7, 11) is 3.18. The number of nitrogens with one attached hydrogen (secondary N) is 3. The first-order valence-electron chi connectivity index (χ1n) is 9.79. The molecule has 0 bridgehead atoms. The Morgan fingerprint density at radius 3 is 2.67 bits per heavy atom. The number of ether oxygens (including phenoxy) is 2. The smallest absolute Gasteiger partial charge is 0.276 e. The summed E-state index contributed by atoms with van der Waals surface area (Å²) < 4.78 is 11.9. The molecule has 3 aromatic rings. The van der Waals surface area contributed by atoms with Crippen LogP contribution < -0.4 is 25.9 Å². The molecule has 0 aliphatic heterocycles. The van der Waals surface area contributed by atoms with Crippen molar-refractivity contribution in [3.63, 3.8) is 0 Å². The zero-order valence-corrected chi connectivity index (χ0v) is 17.1. The van der Waals surface area contributed by atoms with E-state index in [2.05, 4.69) is 15.4 Å². The second-order valence-electron chi connectivity index (χ2n) is 7.44. The summed E-state index contributed by atoms with van der Waals surface area (Å²) in [6, 6.07) is 5.09. The second-order valence-corrected chi connectivity index (χ2v) is 7.44. The largest absolute Gasteiger partial charge is 0.493 e. The topological polar surface area (TPSA) is 118 Å². The number of carbonyl (C=O) groups is 1. The normalized spacial score (nSPS) is 15.2. The molecule has 0 spiro atoms. The van der Waals surface area contributed by atoms with Crippen molar-refractivity contribution in [1.82, 2.24) is 19.9 Å². The van der Waals surface area contributed by atoms with Gasteiger partial charge in [0.05, 0.1) is 20.3 Å². The van der Waals surface area contributed by atoms with Crippen molar-refractivity contribution >= 4 is 11.6 Å². The maximum absolute atomic E-state index is 12.6. The summed E-state index contributed by atoms with van der Waals surface area (Å²) >= 11 is 0. The highest BCUT2D eigenvalue weighted by Gasteiger charge is 2.26. The number of rotatable bonds is 6. The monoisotopic (exact) mass is 412 g/mol. The van der Waals surface area contributed by atoms with E-state index in [1.807, 2.05) is 12.1 Å². The highest BCUT2D eigenvalue weighted by atomic mass is 16.5. The molecule has 4 rings (SSSR count). The number of hydrogen-bond acceptors (Lipinski definition) is 5. The van der Waals surface area contributed by atoms with Crippen LogP contribution in [-0.4, -0.2) is 34.7 Å². The number of aromatic amines is 2. The van der Waals surface area contributed by atoms with E-state index in [9.17, 15) is 14.4 Å². The lowest BCUT2D eigenvalue weighted by molar-refractivity contribution is -0.121. The Balaban J connectivity index is 1.48. The van der Waals surface area contributed by atoms with Gasteiger partial charge >= 0.3 is 0 Å². The molecule has 2 aromatic heterocycles. The zero-order chi connectivity index (χ0) is 21.4. The lowest BCUT2D eigenvalue weighted by Crippen LogP contribution is -2.29. The third-order valence-corrected chi connectivity index (χ3v) is 5.62. The van der Waals surface area contributed by atoms with Crippen molar-refractivity contribution in [1.29, 1.82) is 0 Å². The summed E-state index contributed by atoms with van der Waals surface area (Å²) in [6.45, 7) is 1.76. The first kappa shape index (κ1) is 19.8. The average molecular weight is 412 g/mol. The fourth-order valence-corrected chi connectivity index (χ4v) is 4.09. The van der Waals surface area contributed by atoms with Crippen molar-refractivity contribution in [2.24, 2.45) is 0 Å². The number of aromatic nitrogens is 3. The molecule has 1 aliphatic rings. The second kappa shape index (κ2) is 7.74. The molecule has 0 saturated heterocycles. The molecule has 1 atom stereocenters. The highest BCUT2D eigenvalue weighted by molar-refractivity contribution is 5.77. The number of carbonyl (C=O) groups excluding carboxylic acids is 1. The zero-order valence-electron chi connectivity index (χ0n) is 17.1. The van der Waals surface area contributed by atoms with Gasteiger partial charge in [-0.1, -0.05) is 0 Å². The van der Waals surface area contributed by atoms with Crippen LogP contribution in [0.2, 0.25) is 0 Å². The van der Waals surface area contributed by atoms with Crippen LogP contribution in [0.25, 0.3) is 5.65 Å². The number of aryl methyl sites for hydroxylation is 2. The molecule has 3 N–H and O–H groups in total. The van der Waals surface area contributed by atoms with Gasteiger partial charge < -0.3 is 19.8 Å². The van der Waals surface area contributed by atoms with E-state index in [1.165, 1.54) is 10.6 Å². The number of fused-ring (bicyclic) bond motifs is 2. The van der Waals surface area contributed by atoms with Crippen LogP contribution in [0.4, 0.5) is 0 Å². The van der Waals surface area contributed by atoms with Crippen molar-refractivity contribution in [3.05, 3.63) is 61.3 Å². The van der Waals surface area contributed by atoms with Gasteiger partial charge in [-0.15, -0.1) is 0 Å². The molecule has 9 nitrogen and oxygen atoms in total. The Morgan fingerprint density at radius 2 is 1.93 bits per heavy atom. The molecule has 158 valence electrons. The molecule has 0 radical (unpaired) electrons. The van der Waals surface area contributed by atoms with E-state index in [4.69, 9.17) is 9.47 Å². The highest BCUT2D eigenvalue weighted by Crippen LogP contribution is 2.39. The molecule has 2 heterocycles. The predicted molar refractivity (Wildman–Crippen MR) is 110 cm³/mol. The minimum atomic E-state index is -0.357. The van der Waals surface area contributed by atoms with Crippen LogP contribution in [0.3, 0.4) is 0 Å².